The van der Waals surface area contributed by atoms with E-state index in [2.05, 4.69) is 5.32 Å². The van der Waals surface area contributed by atoms with E-state index in [-0.39, 0.29) is 18.0 Å². The fraction of sp³-hybridized carbons (Fsp3) is 0.294. The highest BCUT2D eigenvalue weighted by atomic mass is 32.2. The van der Waals surface area contributed by atoms with Gasteiger partial charge in [0.2, 0.25) is 11.8 Å². The molecule has 0 spiro atoms. The maximum Gasteiger partial charge on any atom is 0.248 e. The first-order chi connectivity index (χ1) is 10.7. The number of thioether (sulfide) groups is 1. The normalized spacial score (nSPS) is 18.2. The van der Waals surface area contributed by atoms with E-state index in [0.717, 1.165) is 18.4 Å². The van der Waals surface area contributed by atoms with Gasteiger partial charge in [-0.15, -0.1) is 11.8 Å². The number of hydrogen-bond donors (Lipinski definition) is 1. The number of carbonyl (C=O) groups is 2. The highest BCUT2D eigenvalue weighted by Gasteiger charge is 2.28. The minimum Gasteiger partial charge on any atom is -0.332 e. The fourth-order valence-corrected chi connectivity index (χ4v) is 2.61. The summed E-state index contributed by atoms with van der Waals surface area (Å²) in [5, 5.41) is 4.60. The first kappa shape index (κ1) is 16.4. The van der Waals surface area contributed by atoms with Crippen molar-refractivity contribution in [2.75, 3.05) is 12.8 Å². The van der Waals surface area contributed by atoms with E-state index in [1.807, 2.05) is 36.6 Å². The predicted octanol–water partition coefficient (Wildman–Crippen LogP) is 2.64. The Kier molecular flexibility index (Phi) is 6.27. The maximum absolute atomic E-state index is 12.3. The van der Waals surface area contributed by atoms with Gasteiger partial charge >= 0.3 is 0 Å². The molecule has 1 aromatic rings. The molecule has 0 aromatic heterocycles. The van der Waals surface area contributed by atoms with E-state index in [1.54, 1.807) is 22.5 Å². The van der Waals surface area contributed by atoms with E-state index in [4.69, 9.17) is 0 Å². The third-order valence-electron chi connectivity index (χ3n) is 3.42. The second kappa shape index (κ2) is 8.44. The fourth-order valence-electron chi connectivity index (χ4n) is 2.35. The number of benzene rings is 1. The summed E-state index contributed by atoms with van der Waals surface area (Å²) < 4.78 is 0. The van der Waals surface area contributed by atoms with Gasteiger partial charge in [0, 0.05) is 18.7 Å². The first-order valence-corrected chi connectivity index (χ1v) is 8.53. The van der Waals surface area contributed by atoms with Crippen LogP contribution in [0.15, 0.2) is 47.9 Å². The molecule has 5 heteroatoms. The van der Waals surface area contributed by atoms with Gasteiger partial charge in [0.15, 0.2) is 0 Å². The molecule has 1 atom stereocenters. The molecule has 0 bridgehead atoms. The molecule has 22 heavy (non-hydrogen) atoms. The Morgan fingerprint density at radius 1 is 1.27 bits per heavy atom. The molecule has 2 rings (SSSR count). The largest absolute Gasteiger partial charge is 0.332 e. The molecule has 0 saturated carbocycles. The van der Waals surface area contributed by atoms with Gasteiger partial charge in [0.05, 0.1) is 0 Å². The van der Waals surface area contributed by atoms with Gasteiger partial charge in [-0.05, 0) is 36.1 Å². The van der Waals surface area contributed by atoms with Crippen molar-refractivity contribution in [1.82, 2.24) is 10.2 Å². The topological polar surface area (TPSA) is 49.4 Å². The van der Waals surface area contributed by atoms with Crippen molar-refractivity contribution in [2.45, 2.75) is 19.0 Å². The molecular formula is C17H20N2O2S. The number of nitrogens with zero attached hydrogens (tertiary/aromatic N) is 1. The standard InChI is InChI=1S/C17H20N2O2S/c1-22-13-11-16(20)18-15-8-5-12-19(15)17(21)10-9-14-6-3-2-4-7-14/h2-4,6-7,9-11,13,15H,5,8,12H2,1H3,(H,18,20)/t15-/m1/s1. The number of rotatable bonds is 5. The number of nitrogens with one attached hydrogen (secondary N) is 1. The zero-order chi connectivity index (χ0) is 15.8. The van der Waals surface area contributed by atoms with E-state index in [9.17, 15) is 9.59 Å². The summed E-state index contributed by atoms with van der Waals surface area (Å²) in [5.41, 5.74) is 0.985. The monoisotopic (exact) mass is 316 g/mol. The summed E-state index contributed by atoms with van der Waals surface area (Å²) >= 11 is 1.47. The molecule has 1 fully saturated rings. The SMILES string of the molecule is CSC=CC(=O)N[C@H]1CCCN1C(=O)C=Cc1ccccc1. The molecule has 1 saturated heterocycles. The maximum atomic E-state index is 12.3. The molecule has 1 aliphatic heterocycles. The first-order valence-electron chi connectivity index (χ1n) is 7.24. The Balaban J connectivity index is 1.95. The van der Waals surface area contributed by atoms with Gasteiger partial charge in [-0.25, -0.2) is 0 Å². The Morgan fingerprint density at radius 2 is 2.05 bits per heavy atom. The van der Waals surface area contributed by atoms with Crippen LogP contribution in [0.2, 0.25) is 0 Å². The lowest BCUT2D eigenvalue weighted by atomic mass is 10.2. The van der Waals surface area contributed by atoms with Crippen molar-refractivity contribution in [3.8, 4) is 0 Å². The summed E-state index contributed by atoms with van der Waals surface area (Å²) in [7, 11) is 0. The minimum atomic E-state index is -0.216. The molecule has 0 aliphatic carbocycles. The smallest absolute Gasteiger partial charge is 0.248 e. The highest BCUT2D eigenvalue weighted by molar-refractivity contribution is 8.01. The Labute approximate surface area is 135 Å². The van der Waals surface area contributed by atoms with Gasteiger partial charge in [0.25, 0.3) is 0 Å². The van der Waals surface area contributed by atoms with Crippen LogP contribution in [0.3, 0.4) is 0 Å². The summed E-state index contributed by atoms with van der Waals surface area (Å²) in [6, 6.07) is 9.69. The molecule has 1 aromatic carbocycles. The number of hydrogen-bond acceptors (Lipinski definition) is 3. The molecular weight excluding hydrogens is 296 g/mol. The highest BCUT2D eigenvalue weighted by Crippen LogP contribution is 2.16. The second-order valence-electron chi connectivity index (χ2n) is 4.98. The summed E-state index contributed by atoms with van der Waals surface area (Å²) in [4.78, 5) is 25.7. The average molecular weight is 316 g/mol. The van der Waals surface area contributed by atoms with Gasteiger partial charge in [0.1, 0.15) is 6.17 Å². The van der Waals surface area contributed by atoms with Crippen LogP contribution in [0.1, 0.15) is 18.4 Å². The van der Waals surface area contributed by atoms with Crippen LogP contribution in [0, 0.1) is 0 Å². The summed E-state index contributed by atoms with van der Waals surface area (Å²) in [6.45, 7) is 0.676. The third-order valence-corrected chi connectivity index (χ3v) is 3.83. The van der Waals surface area contributed by atoms with Crippen LogP contribution in [0.5, 0.6) is 0 Å². The van der Waals surface area contributed by atoms with E-state index in [1.165, 1.54) is 17.8 Å². The van der Waals surface area contributed by atoms with Crippen LogP contribution < -0.4 is 5.32 Å². The molecule has 116 valence electrons. The van der Waals surface area contributed by atoms with E-state index >= 15 is 0 Å². The third kappa shape index (κ3) is 4.77. The predicted molar refractivity (Wildman–Crippen MR) is 91.0 cm³/mol. The van der Waals surface area contributed by atoms with E-state index < -0.39 is 0 Å². The van der Waals surface area contributed by atoms with Crippen molar-refractivity contribution in [3.63, 3.8) is 0 Å². The number of likely N-dealkylation sites (tertiary alicyclic amines) is 1. The number of amides is 2. The lowest BCUT2D eigenvalue weighted by Gasteiger charge is -2.23. The molecule has 1 aliphatic rings. The molecule has 1 heterocycles. The Hall–Kier alpha value is -2.01. The van der Waals surface area contributed by atoms with Crippen LogP contribution in [0.4, 0.5) is 0 Å². The van der Waals surface area contributed by atoms with Crippen LogP contribution in [-0.4, -0.2) is 35.7 Å². The van der Waals surface area contributed by atoms with Crippen molar-refractivity contribution >= 4 is 29.7 Å². The second-order valence-corrected chi connectivity index (χ2v) is 5.72. The lowest BCUT2D eigenvalue weighted by Crippen LogP contribution is -2.46. The quantitative estimate of drug-likeness (QED) is 0.850. The van der Waals surface area contributed by atoms with Crippen LogP contribution in [-0.2, 0) is 9.59 Å². The van der Waals surface area contributed by atoms with Crippen molar-refractivity contribution in [1.29, 1.82) is 0 Å². The lowest BCUT2D eigenvalue weighted by molar-refractivity contribution is -0.128. The summed E-state index contributed by atoms with van der Waals surface area (Å²) in [5.74, 6) is -0.230. The van der Waals surface area contributed by atoms with E-state index in [0.29, 0.717) is 6.54 Å². The Bertz CT molecular complexity index is 569. The van der Waals surface area contributed by atoms with Crippen molar-refractivity contribution in [3.05, 3.63) is 53.5 Å². The molecule has 0 radical (unpaired) electrons. The van der Waals surface area contributed by atoms with Crippen molar-refractivity contribution in [2.24, 2.45) is 0 Å². The zero-order valence-electron chi connectivity index (χ0n) is 12.6. The van der Waals surface area contributed by atoms with Crippen molar-refractivity contribution < 1.29 is 9.59 Å². The van der Waals surface area contributed by atoms with Crippen LogP contribution >= 0.6 is 11.8 Å². The molecule has 2 amide bonds. The number of carbonyl (C=O) groups excluding carboxylic acids is 2. The Morgan fingerprint density at radius 3 is 2.77 bits per heavy atom. The summed E-state index contributed by atoms with van der Waals surface area (Å²) in [6.07, 6.45) is 8.23. The minimum absolute atomic E-state index is 0.0690. The molecule has 0 unspecified atom stereocenters. The molecule has 1 N–H and O–H groups in total. The van der Waals surface area contributed by atoms with Gasteiger partial charge in [-0.2, -0.15) is 0 Å². The average Bonchev–Trinajstić information content (AvgIpc) is 2.99. The zero-order valence-corrected chi connectivity index (χ0v) is 13.4. The van der Waals surface area contributed by atoms with Gasteiger partial charge < -0.3 is 10.2 Å². The van der Waals surface area contributed by atoms with Gasteiger partial charge in [-0.3, -0.25) is 9.59 Å². The van der Waals surface area contributed by atoms with Gasteiger partial charge in [-0.1, -0.05) is 30.3 Å². The van der Waals surface area contributed by atoms with Crippen LogP contribution in [0.25, 0.3) is 6.08 Å². The molecule has 4 nitrogen and oxygen atoms in total.